The third kappa shape index (κ3) is 3.45. The molecule has 0 spiro atoms. The van der Waals surface area contributed by atoms with Crippen LogP contribution in [0.25, 0.3) is 0 Å². The van der Waals surface area contributed by atoms with Crippen molar-refractivity contribution in [3.63, 3.8) is 0 Å². The SMILES string of the molecule is CCc1ccc(Oc2ccc([N+](=O)[O-])c(C(C)=O)c2)cc1. The summed E-state index contributed by atoms with van der Waals surface area (Å²) in [5.41, 5.74) is 1.02. The lowest BCUT2D eigenvalue weighted by atomic mass is 10.1. The number of ketones is 1. The molecule has 0 saturated heterocycles. The predicted molar refractivity (Wildman–Crippen MR) is 79.0 cm³/mol. The molecule has 21 heavy (non-hydrogen) atoms. The molecule has 0 aliphatic rings. The van der Waals surface area contributed by atoms with E-state index in [1.54, 1.807) is 0 Å². The van der Waals surface area contributed by atoms with E-state index in [4.69, 9.17) is 4.74 Å². The molecular weight excluding hydrogens is 270 g/mol. The van der Waals surface area contributed by atoms with Gasteiger partial charge in [-0.3, -0.25) is 14.9 Å². The minimum absolute atomic E-state index is 0.0441. The van der Waals surface area contributed by atoms with Gasteiger partial charge in [0.15, 0.2) is 5.78 Å². The van der Waals surface area contributed by atoms with Gasteiger partial charge in [-0.1, -0.05) is 19.1 Å². The van der Waals surface area contributed by atoms with Crippen molar-refractivity contribution in [2.24, 2.45) is 0 Å². The average molecular weight is 285 g/mol. The van der Waals surface area contributed by atoms with E-state index in [9.17, 15) is 14.9 Å². The summed E-state index contributed by atoms with van der Waals surface area (Å²) >= 11 is 0. The Hall–Kier alpha value is -2.69. The molecule has 0 heterocycles. The minimum Gasteiger partial charge on any atom is -0.457 e. The zero-order valence-electron chi connectivity index (χ0n) is 11.8. The fraction of sp³-hybridized carbons (Fsp3) is 0.188. The summed E-state index contributed by atoms with van der Waals surface area (Å²) in [4.78, 5) is 21.8. The standard InChI is InChI=1S/C16H15NO4/c1-3-12-4-6-13(7-5-12)21-14-8-9-16(17(19)20)15(10-14)11(2)18/h4-10H,3H2,1-2H3. The number of Topliss-reactive ketones (excluding diaryl/α,β-unsaturated/α-hetero) is 1. The summed E-state index contributed by atoms with van der Waals surface area (Å²) in [7, 11) is 0. The van der Waals surface area contributed by atoms with Gasteiger partial charge in [0, 0.05) is 6.07 Å². The Morgan fingerprint density at radius 3 is 2.29 bits per heavy atom. The van der Waals surface area contributed by atoms with Crippen LogP contribution in [0.15, 0.2) is 42.5 Å². The molecule has 0 atom stereocenters. The van der Waals surface area contributed by atoms with Crippen molar-refractivity contribution in [1.29, 1.82) is 0 Å². The Balaban J connectivity index is 2.29. The van der Waals surface area contributed by atoms with Crippen molar-refractivity contribution in [1.82, 2.24) is 0 Å². The van der Waals surface area contributed by atoms with Gasteiger partial charge in [0.2, 0.25) is 0 Å². The number of aryl methyl sites for hydroxylation is 1. The topological polar surface area (TPSA) is 69.4 Å². The first-order valence-corrected chi connectivity index (χ1v) is 6.57. The number of nitro groups is 1. The number of nitro benzene ring substituents is 1. The molecule has 0 radical (unpaired) electrons. The Bertz CT molecular complexity index is 677. The lowest BCUT2D eigenvalue weighted by molar-refractivity contribution is -0.385. The maximum atomic E-state index is 11.5. The van der Waals surface area contributed by atoms with Gasteiger partial charge in [0.05, 0.1) is 10.5 Å². The molecule has 0 aliphatic heterocycles. The van der Waals surface area contributed by atoms with Crippen molar-refractivity contribution in [2.45, 2.75) is 20.3 Å². The van der Waals surface area contributed by atoms with Crippen molar-refractivity contribution in [3.8, 4) is 11.5 Å². The van der Waals surface area contributed by atoms with Gasteiger partial charge in [0.25, 0.3) is 5.69 Å². The van der Waals surface area contributed by atoms with Crippen LogP contribution in [0.3, 0.4) is 0 Å². The summed E-state index contributed by atoms with van der Waals surface area (Å²) in [6.45, 7) is 3.35. The highest BCUT2D eigenvalue weighted by Crippen LogP contribution is 2.28. The first-order chi connectivity index (χ1) is 10.0. The molecule has 2 rings (SSSR count). The molecule has 0 aromatic heterocycles. The van der Waals surface area contributed by atoms with Crippen LogP contribution in [0.5, 0.6) is 11.5 Å². The van der Waals surface area contributed by atoms with Gasteiger partial charge in [0.1, 0.15) is 11.5 Å². The van der Waals surface area contributed by atoms with Crippen LogP contribution in [0.1, 0.15) is 29.8 Å². The second-order valence-electron chi connectivity index (χ2n) is 4.59. The van der Waals surface area contributed by atoms with E-state index >= 15 is 0 Å². The molecule has 108 valence electrons. The predicted octanol–water partition coefficient (Wildman–Crippen LogP) is 4.15. The molecule has 5 heteroatoms. The van der Waals surface area contributed by atoms with Gasteiger partial charge < -0.3 is 4.74 Å². The van der Waals surface area contributed by atoms with Crippen molar-refractivity contribution in [3.05, 3.63) is 63.7 Å². The van der Waals surface area contributed by atoms with Crippen molar-refractivity contribution >= 4 is 11.5 Å². The normalized spacial score (nSPS) is 10.2. The van der Waals surface area contributed by atoms with Crippen LogP contribution < -0.4 is 4.74 Å². The van der Waals surface area contributed by atoms with Crippen LogP contribution in [0, 0.1) is 10.1 Å². The molecule has 2 aromatic carbocycles. The highest BCUT2D eigenvalue weighted by atomic mass is 16.6. The number of rotatable bonds is 5. The Labute approximate surface area is 122 Å². The number of hydrogen-bond acceptors (Lipinski definition) is 4. The molecular formula is C16H15NO4. The lowest BCUT2D eigenvalue weighted by Gasteiger charge is -2.08. The molecule has 0 fully saturated rings. The van der Waals surface area contributed by atoms with Crippen LogP contribution in [0.2, 0.25) is 0 Å². The summed E-state index contributed by atoms with van der Waals surface area (Å²) in [6, 6.07) is 11.7. The number of nitrogens with zero attached hydrogens (tertiary/aromatic N) is 1. The van der Waals surface area contributed by atoms with Gasteiger partial charge >= 0.3 is 0 Å². The number of ether oxygens (including phenoxy) is 1. The molecule has 0 saturated carbocycles. The highest BCUT2D eigenvalue weighted by molar-refractivity contribution is 5.98. The van der Waals surface area contributed by atoms with Gasteiger partial charge in [-0.2, -0.15) is 0 Å². The Morgan fingerprint density at radius 2 is 1.76 bits per heavy atom. The fourth-order valence-corrected chi connectivity index (χ4v) is 1.95. The van der Waals surface area contributed by atoms with E-state index < -0.39 is 4.92 Å². The molecule has 0 N–H and O–H groups in total. The molecule has 0 aliphatic carbocycles. The zero-order chi connectivity index (χ0) is 15.4. The third-order valence-corrected chi connectivity index (χ3v) is 3.11. The summed E-state index contributed by atoms with van der Waals surface area (Å²) < 4.78 is 5.63. The zero-order valence-corrected chi connectivity index (χ0v) is 11.8. The van der Waals surface area contributed by atoms with Crippen LogP contribution in [-0.4, -0.2) is 10.7 Å². The van der Waals surface area contributed by atoms with Crippen LogP contribution in [0.4, 0.5) is 5.69 Å². The van der Waals surface area contributed by atoms with Gasteiger partial charge in [-0.05, 0) is 43.2 Å². The molecule has 0 bridgehead atoms. The van der Waals surface area contributed by atoms with Gasteiger partial charge in [-0.15, -0.1) is 0 Å². The van der Waals surface area contributed by atoms with Gasteiger partial charge in [-0.25, -0.2) is 0 Å². The van der Waals surface area contributed by atoms with E-state index in [0.29, 0.717) is 11.5 Å². The van der Waals surface area contributed by atoms with E-state index in [2.05, 4.69) is 6.92 Å². The highest BCUT2D eigenvalue weighted by Gasteiger charge is 2.18. The third-order valence-electron chi connectivity index (χ3n) is 3.11. The first kappa shape index (κ1) is 14.7. The number of benzene rings is 2. The lowest BCUT2D eigenvalue weighted by Crippen LogP contribution is -2.00. The first-order valence-electron chi connectivity index (χ1n) is 6.57. The summed E-state index contributed by atoms with van der Waals surface area (Å²) in [5.74, 6) is 0.652. The Kier molecular flexibility index (Phi) is 4.33. The maximum absolute atomic E-state index is 11.5. The molecule has 2 aromatic rings. The largest absolute Gasteiger partial charge is 0.457 e. The number of carbonyl (C=O) groups excluding carboxylic acids is 1. The molecule has 5 nitrogen and oxygen atoms in total. The quantitative estimate of drug-likeness (QED) is 0.470. The second-order valence-corrected chi connectivity index (χ2v) is 4.59. The molecule has 0 amide bonds. The number of carbonyl (C=O) groups is 1. The summed E-state index contributed by atoms with van der Waals surface area (Å²) in [6.07, 6.45) is 0.937. The maximum Gasteiger partial charge on any atom is 0.280 e. The second kappa shape index (κ2) is 6.17. The summed E-state index contributed by atoms with van der Waals surface area (Å²) in [5, 5.41) is 10.9. The van der Waals surface area contributed by atoms with E-state index in [-0.39, 0.29) is 17.0 Å². The fourth-order valence-electron chi connectivity index (χ4n) is 1.95. The van der Waals surface area contributed by atoms with Crippen LogP contribution in [-0.2, 0) is 6.42 Å². The van der Waals surface area contributed by atoms with E-state index in [1.165, 1.54) is 30.7 Å². The van der Waals surface area contributed by atoms with Crippen molar-refractivity contribution in [2.75, 3.05) is 0 Å². The molecule has 0 unspecified atom stereocenters. The van der Waals surface area contributed by atoms with Crippen molar-refractivity contribution < 1.29 is 14.5 Å². The van der Waals surface area contributed by atoms with Crippen LogP contribution >= 0.6 is 0 Å². The smallest absolute Gasteiger partial charge is 0.280 e. The Morgan fingerprint density at radius 1 is 1.14 bits per heavy atom. The monoisotopic (exact) mass is 285 g/mol. The average Bonchev–Trinajstić information content (AvgIpc) is 2.47. The number of hydrogen-bond donors (Lipinski definition) is 0. The van der Waals surface area contributed by atoms with E-state index in [0.717, 1.165) is 6.42 Å². The minimum atomic E-state index is -0.573. The van der Waals surface area contributed by atoms with E-state index in [1.807, 2.05) is 24.3 Å².